The molecular weight excluding hydrogens is 354 g/mol. The van der Waals surface area contributed by atoms with E-state index in [0.717, 1.165) is 35.7 Å². The molecule has 3 aromatic rings. The van der Waals surface area contributed by atoms with Gasteiger partial charge >= 0.3 is 0 Å². The SMILES string of the molecule is Cc1ccc(CCCN2C(=O)CC(c3ccco3)Sc3ccccc32)cc1. The second-order valence-electron chi connectivity index (χ2n) is 6.93. The number of fused-ring (bicyclic) bond motifs is 1. The molecule has 0 bridgehead atoms. The van der Waals surface area contributed by atoms with Gasteiger partial charge in [0.1, 0.15) is 5.76 Å². The lowest BCUT2D eigenvalue weighted by atomic mass is 10.1. The van der Waals surface area contributed by atoms with Crippen molar-refractivity contribution in [2.24, 2.45) is 0 Å². The first-order valence-electron chi connectivity index (χ1n) is 9.36. The predicted octanol–water partition coefficient (Wildman–Crippen LogP) is 5.79. The molecule has 4 rings (SSSR count). The van der Waals surface area contributed by atoms with Crippen LogP contribution >= 0.6 is 11.8 Å². The summed E-state index contributed by atoms with van der Waals surface area (Å²) < 4.78 is 5.58. The molecule has 1 aliphatic heterocycles. The van der Waals surface area contributed by atoms with E-state index in [2.05, 4.69) is 43.3 Å². The van der Waals surface area contributed by atoms with Gasteiger partial charge in [0.05, 0.1) is 17.2 Å². The summed E-state index contributed by atoms with van der Waals surface area (Å²) in [6.45, 7) is 2.83. The van der Waals surface area contributed by atoms with Gasteiger partial charge in [0, 0.05) is 17.9 Å². The van der Waals surface area contributed by atoms with E-state index < -0.39 is 0 Å². The average molecular weight is 378 g/mol. The number of para-hydroxylation sites is 1. The summed E-state index contributed by atoms with van der Waals surface area (Å²) in [6, 6.07) is 20.7. The van der Waals surface area contributed by atoms with Crippen molar-refractivity contribution < 1.29 is 9.21 Å². The number of aryl methyl sites for hydroxylation is 2. The highest BCUT2D eigenvalue weighted by atomic mass is 32.2. The van der Waals surface area contributed by atoms with E-state index >= 15 is 0 Å². The quantitative estimate of drug-likeness (QED) is 0.564. The van der Waals surface area contributed by atoms with Crippen molar-refractivity contribution in [2.45, 2.75) is 36.3 Å². The van der Waals surface area contributed by atoms with Crippen LogP contribution in [0, 0.1) is 6.92 Å². The molecule has 0 spiro atoms. The monoisotopic (exact) mass is 377 g/mol. The molecule has 1 unspecified atom stereocenters. The summed E-state index contributed by atoms with van der Waals surface area (Å²) in [4.78, 5) is 16.1. The number of carbonyl (C=O) groups excluding carboxylic acids is 1. The Kier molecular flexibility index (Phi) is 5.35. The molecule has 2 heterocycles. The van der Waals surface area contributed by atoms with Crippen LogP contribution in [0.2, 0.25) is 0 Å². The van der Waals surface area contributed by atoms with Crippen LogP contribution in [-0.4, -0.2) is 12.5 Å². The predicted molar refractivity (Wildman–Crippen MR) is 110 cm³/mol. The second kappa shape index (κ2) is 8.05. The van der Waals surface area contributed by atoms with E-state index in [-0.39, 0.29) is 11.2 Å². The summed E-state index contributed by atoms with van der Waals surface area (Å²) in [5.41, 5.74) is 3.61. The van der Waals surface area contributed by atoms with E-state index in [9.17, 15) is 4.79 Å². The largest absolute Gasteiger partial charge is 0.468 e. The van der Waals surface area contributed by atoms with Gasteiger partial charge in [-0.2, -0.15) is 0 Å². The maximum absolute atomic E-state index is 13.0. The zero-order chi connectivity index (χ0) is 18.6. The molecule has 138 valence electrons. The number of carbonyl (C=O) groups is 1. The molecule has 0 saturated carbocycles. The van der Waals surface area contributed by atoms with Crippen molar-refractivity contribution in [3.05, 3.63) is 83.8 Å². The third-order valence-corrected chi connectivity index (χ3v) is 6.20. The van der Waals surface area contributed by atoms with Gasteiger partial charge in [0.25, 0.3) is 0 Å². The van der Waals surface area contributed by atoms with E-state index in [0.29, 0.717) is 6.42 Å². The maximum Gasteiger partial charge on any atom is 0.228 e. The van der Waals surface area contributed by atoms with Crippen LogP contribution in [0.1, 0.15) is 35.0 Å². The highest BCUT2D eigenvalue weighted by Gasteiger charge is 2.30. The molecule has 2 aromatic carbocycles. The van der Waals surface area contributed by atoms with Gasteiger partial charge in [-0.05, 0) is 49.6 Å². The fraction of sp³-hybridized carbons (Fsp3) is 0.261. The standard InChI is InChI=1S/C23H23NO2S/c1-17-10-12-18(13-11-17)6-4-14-24-19-7-2-3-9-21(19)27-22(16-23(24)25)20-8-5-15-26-20/h2-3,5,7-13,15,22H,4,6,14,16H2,1H3. The Balaban J connectivity index is 1.51. The summed E-state index contributed by atoms with van der Waals surface area (Å²) in [7, 11) is 0. The van der Waals surface area contributed by atoms with Crippen molar-refractivity contribution in [1.82, 2.24) is 0 Å². The van der Waals surface area contributed by atoms with Crippen LogP contribution in [0.5, 0.6) is 0 Å². The molecule has 0 saturated heterocycles. The van der Waals surface area contributed by atoms with Crippen LogP contribution in [0.15, 0.2) is 76.2 Å². The number of amides is 1. The molecule has 0 N–H and O–H groups in total. The number of hydrogen-bond acceptors (Lipinski definition) is 3. The van der Waals surface area contributed by atoms with E-state index in [4.69, 9.17) is 4.42 Å². The van der Waals surface area contributed by atoms with Crippen molar-refractivity contribution in [3.63, 3.8) is 0 Å². The third kappa shape index (κ3) is 4.11. The number of hydrogen-bond donors (Lipinski definition) is 0. The minimum atomic E-state index is 0.0238. The van der Waals surface area contributed by atoms with Gasteiger partial charge in [-0.15, -0.1) is 11.8 Å². The van der Waals surface area contributed by atoms with E-state index in [1.54, 1.807) is 18.0 Å². The zero-order valence-corrected chi connectivity index (χ0v) is 16.2. The number of anilines is 1. The summed E-state index contributed by atoms with van der Waals surface area (Å²) >= 11 is 1.72. The Morgan fingerprint density at radius 3 is 2.67 bits per heavy atom. The summed E-state index contributed by atoms with van der Waals surface area (Å²) in [5.74, 6) is 1.03. The number of furan rings is 1. The topological polar surface area (TPSA) is 33.5 Å². The fourth-order valence-electron chi connectivity index (χ4n) is 3.45. The van der Waals surface area contributed by atoms with Gasteiger partial charge in [-0.3, -0.25) is 4.79 Å². The van der Waals surface area contributed by atoms with Crippen LogP contribution < -0.4 is 4.90 Å². The number of rotatable bonds is 5. The van der Waals surface area contributed by atoms with Gasteiger partial charge in [0.2, 0.25) is 5.91 Å². The van der Waals surface area contributed by atoms with E-state index in [1.165, 1.54) is 11.1 Å². The molecule has 1 aromatic heterocycles. The lowest BCUT2D eigenvalue weighted by Crippen LogP contribution is -2.32. The van der Waals surface area contributed by atoms with Crippen molar-refractivity contribution in [2.75, 3.05) is 11.4 Å². The van der Waals surface area contributed by atoms with Crippen molar-refractivity contribution in [1.29, 1.82) is 0 Å². The number of benzene rings is 2. The van der Waals surface area contributed by atoms with E-state index in [1.807, 2.05) is 29.2 Å². The number of thioether (sulfide) groups is 1. The Bertz CT molecular complexity index is 902. The Morgan fingerprint density at radius 2 is 1.89 bits per heavy atom. The Hall–Kier alpha value is -2.46. The normalized spacial score (nSPS) is 16.9. The minimum absolute atomic E-state index is 0.0238. The van der Waals surface area contributed by atoms with Gasteiger partial charge in [0.15, 0.2) is 0 Å². The molecular formula is C23H23NO2S. The molecule has 0 aliphatic carbocycles. The van der Waals surface area contributed by atoms with Gasteiger partial charge < -0.3 is 9.32 Å². The second-order valence-corrected chi connectivity index (χ2v) is 8.17. The van der Waals surface area contributed by atoms with Crippen molar-refractivity contribution >= 4 is 23.4 Å². The highest BCUT2D eigenvalue weighted by Crippen LogP contribution is 2.45. The van der Waals surface area contributed by atoms with Gasteiger partial charge in [-0.1, -0.05) is 42.0 Å². The molecule has 4 heteroatoms. The Labute approximate surface area is 164 Å². The summed E-state index contributed by atoms with van der Waals surface area (Å²) in [6.07, 6.45) is 4.05. The first-order valence-corrected chi connectivity index (χ1v) is 10.2. The minimum Gasteiger partial charge on any atom is -0.468 e. The molecule has 1 aliphatic rings. The lowest BCUT2D eigenvalue weighted by Gasteiger charge is -2.22. The van der Waals surface area contributed by atoms with Crippen LogP contribution in [0.4, 0.5) is 5.69 Å². The molecule has 27 heavy (non-hydrogen) atoms. The maximum atomic E-state index is 13.0. The van der Waals surface area contributed by atoms with Crippen LogP contribution in [0.3, 0.4) is 0 Å². The number of nitrogens with zero attached hydrogens (tertiary/aromatic N) is 1. The lowest BCUT2D eigenvalue weighted by molar-refractivity contribution is -0.118. The van der Waals surface area contributed by atoms with Crippen LogP contribution in [0.25, 0.3) is 0 Å². The fourth-order valence-corrected chi connectivity index (χ4v) is 4.69. The first kappa shape index (κ1) is 17.9. The highest BCUT2D eigenvalue weighted by molar-refractivity contribution is 7.99. The average Bonchev–Trinajstić information content (AvgIpc) is 3.17. The van der Waals surface area contributed by atoms with Crippen molar-refractivity contribution in [3.8, 4) is 0 Å². The smallest absolute Gasteiger partial charge is 0.228 e. The first-order chi connectivity index (χ1) is 13.2. The summed E-state index contributed by atoms with van der Waals surface area (Å²) in [5, 5.41) is 0.0238. The third-order valence-electron chi connectivity index (χ3n) is 4.91. The molecule has 0 fully saturated rings. The molecule has 0 radical (unpaired) electrons. The van der Waals surface area contributed by atoms with Crippen LogP contribution in [-0.2, 0) is 11.2 Å². The molecule has 1 amide bonds. The molecule has 3 nitrogen and oxygen atoms in total. The van der Waals surface area contributed by atoms with Gasteiger partial charge in [-0.25, -0.2) is 0 Å². The molecule has 1 atom stereocenters. The Morgan fingerprint density at radius 1 is 1.07 bits per heavy atom. The zero-order valence-electron chi connectivity index (χ0n) is 15.4.